The van der Waals surface area contributed by atoms with Crippen molar-refractivity contribution in [3.05, 3.63) is 35.4 Å². The highest BCUT2D eigenvalue weighted by molar-refractivity contribution is 7.90. The number of halogens is 3. The van der Waals surface area contributed by atoms with E-state index >= 15 is 0 Å². The Morgan fingerprint density at radius 2 is 1.81 bits per heavy atom. The van der Waals surface area contributed by atoms with E-state index in [4.69, 9.17) is 0 Å². The molecule has 1 aromatic rings. The molecule has 2 amide bonds. The van der Waals surface area contributed by atoms with Crippen molar-refractivity contribution in [1.82, 2.24) is 9.62 Å². The summed E-state index contributed by atoms with van der Waals surface area (Å²) < 4.78 is 63.4. The molecule has 10 heteroatoms. The van der Waals surface area contributed by atoms with E-state index in [1.165, 1.54) is 4.90 Å². The lowest BCUT2D eigenvalue weighted by Gasteiger charge is -2.23. The van der Waals surface area contributed by atoms with Crippen molar-refractivity contribution in [3.8, 4) is 0 Å². The van der Waals surface area contributed by atoms with E-state index in [1.54, 1.807) is 13.8 Å². The zero-order chi connectivity index (χ0) is 20.5. The van der Waals surface area contributed by atoms with Gasteiger partial charge in [-0.1, -0.05) is 6.92 Å². The standard InChI is InChI=1S/C17H21F3N2O4S/c1-3-10-27(25,26)21-15(24)16(2)8-9-22(11-16)14(23)12-4-6-13(7-5-12)17(18,19)20/h4-7H,3,8-11H2,1-2H3,(H,21,24). The van der Waals surface area contributed by atoms with Crippen LogP contribution < -0.4 is 4.72 Å². The van der Waals surface area contributed by atoms with Crippen LogP contribution in [0.2, 0.25) is 0 Å². The zero-order valence-corrected chi connectivity index (χ0v) is 15.8. The molecule has 0 aliphatic carbocycles. The quantitative estimate of drug-likeness (QED) is 0.814. The Bertz CT molecular complexity index is 822. The van der Waals surface area contributed by atoms with Crippen molar-refractivity contribution in [1.29, 1.82) is 0 Å². The van der Waals surface area contributed by atoms with E-state index in [2.05, 4.69) is 0 Å². The number of rotatable bonds is 5. The molecule has 1 aromatic carbocycles. The van der Waals surface area contributed by atoms with Crippen molar-refractivity contribution in [3.63, 3.8) is 0 Å². The van der Waals surface area contributed by atoms with E-state index in [-0.39, 0.29) is 30.8 Å². The number of amides is 2. The molecule has 1 heterocycles. The van der Waals surface area contributed by atoms with Gasteiger partial charge in [0, 0.05) is 18.7 Å². The van der Waals surface area contributed by atoms with Crippen LogP contribution in [-0.2, 0) is 21.0 Å². The lowest BCUT2D eigenvalue weighted by Crippen LogP contribution is -2.44. The summed E-state index contributed by atoms with van der Waals surface area (Å²) in [6.45, 7) is 3.42. The number of likely N-dealkylation sites (tertiary alicyclic amines) is 1. The lowest BCUT2D eigenvalue weighted by molar-refractivity contribution is -0.137. The van der Waals surface area contributed by atoms with Crippen molar-refractivity contribution < 1.29 is 31.2 Å². The van der Waals surface area contributed by atoms with Crippen LogP contribution in [0.25, 0.3) is 0 Å². The second-order valence-electron chi connectivity index (χ2n) is 6.86. The van der Waals surface area contributed by atoms with Gasteiger partial charge in [-0.2, -0.15) is 13.2 Å². The van der Waals surface area contributed by atoms with Crippen molar-refractivity contribution in [2.45, 2.75) is 32.9 Å². The fraction of sp³-hybridized carbons (Fsp3) is 0.529. The molecule has 1 unspecified atom stereocenters. The molecular weight excluding hydrogens is 385 g/mol. The average Bonchev–Trinajstić information content (AvgIpc) is 2.97. The molecule has 1 aliphatic heterocycles. The first-order valence-electron chi connectivity index (χ1n) is 8.39. The number of nitrogens with one attached hydrogen (secondary N) is 1. The van der Waals surface area contributed by atoms with Gasteiger partial charge in [-0.05, 0) is 44.0 Å². The summed E-state index contributed by atoms with van der Waals surface area (Å²) in [7, 11) is -3.72. The predicted octanol–water partition coefficient (Wildman–Crippen LogP) is 2.41. The Morgan fingerprint density at radius 3 is 2.33 bits per heavy atom. The lowest BCUT2D eigenvalue weighted by atomic mass is 9.89. The highest BCUT2D eigenvalue weighted by Crippen LogP contribution is 2.32. The molecule has 0 saturated carbocycles. The topological polar surface area (TPSA) is 83.6 Å². The first kappa shape index (κ1) is 21.2. The largest absolute Gasteiger partial charge is 0.416 e. The number of sulfonamides is 1. The van der Waals surface area contributed by atoms with Crippen molar-refractivity contribution >= 4 is 21.8 Å². The van der Waals surface area contributed by atoms with E-state index in [0.717, 1.165) is 24.3 Å². The van der Waals surface area contributed by atoms with E-state index < -0.39 is 39.0 Å². The number of nitrogens with zero attached hydrogens (tertiary/aromatic N) is 1. The summed E-state index contributed by atoms with van der Waals surface area (Å²) in [5.74, 6) is -1.36. The van der Waals surface area contributed by atoms with Gasteiger partial charge in [0.25, 0.3) is 5.91 Å². The summed E-state index contributed by atoms with van der Waals surface area (Å²) in [6, 6.07) is 3.83. The molecule has 1 fully saturated rings. The number of alkyl halides is 3. The minimum absolute atomic E-state index is 0.0136. The van der Waals surface area contributed by atoms with Gasteiger partial charge >= 0.3 is 6.18 Å². The molecule has 150 valence electrons. The van der Waals surface area contributed by atoms with Crippen molar-refractivity contribution in [2.24, 2.45) is 5.41 Å². The van der Waals surface area contributed by atoms with Gasteiger partial charge in [-0.3, -0.25) is 14.3 Å². The Hall–Kier alpha value is -2.10. The van der Waals surface area contributed by atoms with Gasteiger partial charge in [0.1, 0.15) is 0 Å². The summed E-state index contributed by atoms with van der Waals surface area (Å²) in [6.07, 6.45) is -3.87. The second-order valence-corrected chi connectivity index (χ2v) is 8.70. The summed E-state index contributed by atoms with van der Waals surface area (Å²) >= 11 is 0. The Kier molecular flexibility index (Phi) is 5.88. The van der Waals surface area contributed by atoms with Gasteiger partial charge in [-0.25, -0.2) is 8.42 Å². The van der Waals surface area contributed by atoms with E-state index in [9.17, 15) is 31.2 Å². The molecule has 1 atom stereocenters. The molecule has 0 bridgehead atoms. The molecule has 1 N–H and O–H groups in total. The van der Waals surface area contributed by atoms with Gasteiger partial charge in [0.2, 0.25) is 15.9 Å². The maximum absolute atomic E-state index is 12.6. The van der Waals surface area contributed by atoms with Crippen LogP contribution in [0.15, 0.2) is 24.3 Å². The maximum atomic E-state index is 12.6. The molecule has 27 heavy (non-hydrogen) atoms. The Morgan fingerprint density at radius 1 is 1.22 bits per heavy atom. The minimum atomic E-state index is -4.49. The van der Waals surface area contributed by atoms with E-state index in [1.807, 2.05) is 4.72 Å². The van der Waals surface area contributed by atoms with Crippen molar-refractivity contribution in [2.75, 3.05) is 18.8 Å². The fourth-order valence-electron chi connectivity index (χ4n) is 2.89. The van der Waals surface area contributed by atoms with Gasteiger partial charge in [0.15, 0.2) is 0 Å². The van der Waals surface area contributed by atoms with Crippen LogP contribution in [0.1, 0.15) is 42.6 Å². The summed E-state index contributed by atoms with van der Waals surface area (Å²) in [5.41, 5.74) is -1.86. The smallest absolute Gasteiger partial charge is 0.338 e. The molecule has 1 aliphatic rings. The van der Waals surface area contributed by atoms with Crippen LogP contribution in [0.4, 0.5) is 13.2 Å². The molecule has 2 rings (SSSR count). The van der Waals surface area contributed by atoms with Crippen LogP contribution in [0, 0.1) is 5.41 Å². The third kappa shape index (κ3) is 5.00. The first-order chi connectivity index (χ1) is 12.4. The molecule has 6 nitrogen and oxygen atoms in total. The molecule has 0 spiro atoms. The number of hydrogen-bond donors (Lipinski definition) is 1. The molecular formula is C17H21F3N2O4S. The molecule has 1 saturated heterocycles. The highest BCUT2D eigenvalue weighted by atomic mass is 32.2. The number of benzene rings is 1. The third-order valence-corrected chi connectivity index (χ3v) is 5.93. The van der Waals surface area contributed by atoms with Gasteiger partial charge in [-0.15, -0.1) is 0 Å². The van der Waals surface area contributed by atoms with Gasteiger partial charge < -0.3 is 4.90 Å². The molecule has 0 aromatic heterocycles. The van der Waals surface area contributed by atoms with Crippen LogP contribution in [-0.4, -0.2) is 44.0 Å². The molecule has 0 radical (unpaired) electrons. The number of carbonyl (C=O) groups is 2. The monoisotopic (exact) mass is 406 g/mol. The summed E-state index contributed by atoms with van der Waals surface area (Å²) in [5, 5.41) is 0. The fourth-order valence-corrected chi connectivity index (χ4v) is 4.06. The van der Waals surface area contributed by atoms with Crippen LogP contribution in [0.5, 0.6) is 0 Å². The second kappa shape index (κ2) is 7.49. The average molecular weight is 406 g/mol. The maximum Gasteiger partial charge on any atom is 0.416 e. The zero-order valence-electron chi connectivity index (χ0n) is 15.0. The normalized spacial score (nSPS) is 20.6. The van der Waals surface area contributed by atoms with Crippen LogP contribution >= 0.6 is 0 Å². The SMILES string of the molecule is CCCS(=O)(=O)NC(=O)C1(C)CCN(C(=O)c2ccc(C(F)(F)F)cc2)C1. The highest BCUT2D eigenvalue weighted by Gasteiger charge is 2.43. The summed E-state index contributed by atoms with van der Waals surface area (Å²) in [4.78, 5) is 26.2. The Labute approximate surface area is 155 Å². The van der Waals surface area contributed by atoms with Crippen LogP contribution in [0.3, 0.4) is 0 Å². The number of carbonyl (C=O) groups excluding carboxylic acids is 2. The predicted molar refractivity (Wildman–Crippen MR) is 92.3 cm³/mol. The number of hydrogen-bond acceptors (Lipinski definition) is 4. The minimum Gasteiger partial charge on any atom is -0.338 e. The Balaban J connectivity index is 2.08. The van der Waals surface area contributed by atoms with E-state index in [0.29, 0.717) is 6.42 Å². The third-order valence-electron chi connectivity index (χ3n) is 4.49. The van der Waals surface area contributed by atoms with Gasteiger partial charge in [0.05, 0.1) is 16.7 Å². The first-order valence-corrected chi connectivity index (χ1v) is 10.0.